The molecule has 1 aromatic carbocycles. The van der Waals surface area contributed by atoms with Crippen molar-refractivity contribution in [3.05, 3.63) is 28.2 Å². The number of aromatic nitrogens is 4. The van der Waals surface area contributed by atoms with Crippen molar-refractivity contribution in [3.8, 4) is 11.4 Å². The van der Waals surface area contributed by atoms with E-state index in [4.69, 9.17) is 0 Å². The normalized spacial score (nSPS) is 16.5. The first-order valence-electron chi connectivity index (χ1n) is 6.78. The van der Waals surface area contributed by atoms with Crippen LogP contribution in [0.4, 0.5) is 0 Å². The third kappa shape index (κ3) is 2.46. The van der Waals surface area contributed by atoms with E-state index in [0.717, 1.165) is 22.0 Å². The van der Waals surface area contributed by atoms with Crippen LogP contribution in [-0.4, -0.2) is 31.3 Å². The molecular formula is C14H15BrN4O2. The molecule has 0 bridgehead atoms. The zero-order valence-electron chi connectivity index (χ0n) is 11.6. The molecule has 110 valence electrons. The van der Waals surface area contributed by atoms with Gasteiger partial charge in [0.15, 0.2) is 5.82 Å². The van der Waals surface area contributed by atoms with E-state index in [-0.39, 0.29) is 0 Å². The SMILES string of the molecule is Cc1ccc(-c2nnnn2CC2(C(=O)O)CCC2)cc1Br. The Morgan fingerprint density at radius 2 is 2.24 bits per heavy atom. The third-order valence-electron chi connectivity index (χ3n) is 4.18. The Morgan fingerprint density at radius 3 is 2.81 bits per heavy atom. The van der Waals surface area contributed by atoms with E-state index in [1.165, 1.54) is 0 Å². The minimum absolute atomic E-state index is 0.316. The number of aliphatic carboxylic acids is 1. The topological polar surface area (TPSA) is 80.9 Å². The molecule has 0 unspecified atom stereocenters. The number of carboxylic acids is 1. The van der Waals surface area contributed by atoms with Gasteiger partial charge in [-0.3, -0.25) is 4.79 Å². The van der Waals surface area contributed by atoms with Crippen molar-refractivity contribution in [3.63, 3.8) is 0 Å². The van der Waals surface area contributed by atoms with Crippen LogP contribution in [0.5, 0.6) is 0 Å². The maximum atomic E-state index is 11.5. The van der Waals surface area contributed by atoms with Crippen LogP contribution >= 0.6 is 15.9 Å². The number of carbonyl (C=O) groups is 1. The minimum atomic E-state index is -0.764. The molecule has 7 heteroatoms. The van der Waals surface area contributed by atoms with Gasteiger partial charge in [-0.15, -0.1) is 5.10 Å². The first kappa shape index (κ1) is 14.2. The molecular weight excluding hydrogens is 336 g/mol. The van der Waals surface area contributed by atoms with Crippen molar-refractivity contribution >= 4 is 21.9 Å². The maximum absolute atomic E-state index is 11.5. The van der Waals surface area contributed by atoms with Gasteiger partial charge in [-0.05, 0) is 41.8 Å². The fourth-order valence-electron chi connectivity index (χ4n) is 2.58. The lowest BCUT2D eigenvalue weighted by Gasteiger charge is -2.37. The second-order valence-corrected chi connectivity index (χ2v) is 6.42. The average molecular weight is 351 g/mol. The predicted octanol–water partition coefficient (Wildman–Crippen LogP) is 2.67. The number of nitrogens with zero attached hydrogens (tertiary/aromatic N) is 4. The third-order valence-corrected chi connectivity index (χ3v) is 5.03. The quantitative estimate of drug-likeness (QED) is 0.916. The molecule has 1 saturated carbocycles. The Hall–Kier alpha value is -1.76. The molecule has 21 heavy (non-hydrogen) atoms. The number of carboxylic acid groups (broad SMARTS) is 1. The first-order valence-corrected chi connectivity index (χ1v) is 7.57. The molecule has 3 rings (SSSR count). The van der Waals surface area contributed by atoms with Crippen molar-refractivity contribution in [2.24, 2.45) is 5.41 Å². The molecule has 0 aliphatic heterocycles. The molecule has 1 aliphatic rings. The Kier molecular flexibility index (Phi) is 3.52. The number of halogens is 1. The molecule has 0 amide bonds. The summed E-state index contributed by atoms with van der Waals surface area (Å²) >= 11 is 3.49. The summed E-state index contributed by atoms with van der Waals surface area (Å²) < 4.78 is 2.58. The highest BCUT2D eigenvalue weighted by atomic mass is 79.9. The van der Waals surface area contributed by atoms with Crippen molar-refractivity contribution in [1.82, 2.24) is 20.2 Å². The van der Waals surface area contributed by atoms with Gasteiger partial charge in [-0.2, -0.15) is 0 Å². The largest absolute Gasteiger partial charge is 0.481 e. The summed E-state index contributed by atoms with van der Waals surface area (Å²) in [7, 11) is 0. The van der Waals surface area contributed by atoms with Crippen molar-refractivity contribution in [1.29, 1.82) is 0 Å². The summed E-state index contributed by atoms with van der Waals surface area (Å²) in [6.45, 7) is 2.32. The molecule has 0 saturated heterocycles. The summed E-state index contributed by atoms with van der Waals surface area (Å²) in [5.74, 6) is -0.163. The monoisotopic (exact) mass is 350 g/mol. The van der Waals surface area contributed by atoms with Crippen molar-refractivity contribution < 1.29 is 9.90 Å². The van der Waals surface area contributed by atoms with Crippen LogP contribution in [0.1, 0.15) is 24.8 Å². The van der Waals surface area contributed by atoms with Gasteiger partial charge >= 0.3 is 5.97 Å². The average Bonchev–Trinajstić information content (AvgIpc) is 2.84. The maximum Gasteiger partial charge on any atom is 0.311 e. The van der Waals surface area contributed by atoms with Gasteiger partial charge in [0.2, 0.25) is 0 Å². The van der Waals surface area contributed by atoms with Crippen LogP contribution in [0.2, 0.25) is 0 Å². The summed E-state index contributed by atoms with van der Waals surface area (Å²) in [6, 6.07) is 5.87. The molecule has 1 N–H and O–H groups in total. The summed E-state index contributed by atoms with van der Waals surface area (Å²) in [6.07, 6.45) is 2.30. The Balaban J connectivity index is 1.94. The Bertz CT molecular complexity index is 694. The van der Waals surface area contributed by atoms with Gasteiger partial charge in [-0.25, -0.2) is 4.68 Å². The van der Waals surface area contributed by atoms with E-state index in [9.17, 15) is 9.90 Å². The number of tetrazole rings is 1. The van der Waals surface area contributed by atoms with E-state index in [2.05, 4.69) is 31.5 Å². The van der Waals surface area contributed by atoms with Crippen LogP contribution in [0.25, 0.3) is 11.4 Å². The standard InChI is InChI=1S/C14H15BrN4O2/c1-9-3-4-10(7-11(9)15)12-16-17-18-19(12)8-14(13(20)21)5-2-6-14/h3-4,7H,2,5-6,8H2,1H3,(H,20,21). The molecule has 2 aromatic rings. The molecule has 6 nitrogen and oxygen atoms in total. The van der Waals surface area contributed by atoms with Gasteiger partial charge in [0.25, 0.3) is 0 Å². The molecule has 1 heterocycles. The van der Waals surface area contributed by atoms with Crippen LogP contribution in [-0.2, 0) is 11.3 Å². The predicted molar refractivity (Wildman–Crippen MR) is 79.6 cm³/mol. The van der Waals surface area contributed by atoms with E-state index in [1.54, 1.807) is 4.68 Å². The number of rotatable bonds is 4. The second-order valence-electron chi connectivity index (χ2n) is 5.56. The smallest absolute Gasteiger partial charge is 0.311 e. The summed E-state index contributed by atoms with van der Waals surface area (Å²) in [5.41, 5.74) is 1.28. The highest BCUT2D eigenvalue weighted by molar-refractivity contribution is 9.10. The molecule has 0 atom stereocenters. The fourth-order valence-corrected chi connectivity index (χ4v) is 2.96. The van der Waals surface area contributed by atoms with Crippen LogP contribution in [0, 0.1) is 12.3 Å². The lowest BCUT2D eigenvalue weighted by atomic mass is 9.69. The number of hydrogen-bond donors (Lipinski definition) is 1. The molecule has 1 aromatic heterocycles. The lowest BCUT2D eigenvalue weighted by Crippen LogP contribution is -2.42. The van der Waals surface area contributed by atoms with Gasteiger partial charge < -0.3 is 5.11 Å². The zero-order chi connectivity index (χ0) is 15.0. The fraction of sp³-hybridized carbons (Fsp3) is 0.429. The van der Waals surface area contributed by atoms with Crippen molar-refractivity contribution in [2.45, 2.75) is 32.7 Å². The second kappa shape index (κ2) is 5.22. The van der Waals surface area contributed by atoms with Gasteiger partial charge in [0.05, 0.1) is 12.0 Å². The van der Waals surface area contributed by atoms with Gasteiger partial charge in [0.1, 0.15) is 0 Å². The highest BCUT2D eigenvalue weighted by Gasteiger charge is 2.45. The van der Waals surface area contributed by atoms with Crippen LogP contribution in [0.15, 0.2) is 22.7 Å². The molecule has 1 aliphatic carbocycles. The van der Waals surface area contributed by atoms with E-state index in [0.29, 0.717) is 25.2 Å². The highest BCUT2D eigenvalue weighted by Crippen LogP contribution is 2.43. The minimum Gasteiger partial charge on any atom is -0.481 e. The first-order chi connectivity index (χ1) is 10.0. The molecule has 0 radical (unpaired) electrons. The Labute approximate surface area is 130 Å². The summed E-state index contributed by atoms with van der Waals surface area (Å²) in [4.78, 5) is 11.5. The van der Waals surface area contributed by atoms with E-state index < -0.39 is 11.4 Å². The number of benzene rings is 1. The van der Waals surface area contributed by atoms with E-state index >= 15 is 0 Å². The molecule has 1 fully saturated rings. The number of aryl methyl sites for hydroxylation is 1. The van der Waals surface area contributed by atoms with Gasteiger partial charge in [-0.1, -0.05) is 34.5 Å². The summed E-state index contributed by atoms with van der Waals surface area (Å²) in [5, 5.41) is 21.2. The lowest BCUT2D eigenvalue weighted by molar-refractivity contribution is -0.156. The van der Waals surface area contributed by atoms with Gasteiger partial charge in [0, 0.05) is 10.0 Å². The number of hydrogen-bond acceptors (Lipinski definition) is 4. The molecule has 0 spiro atoms. The van der Waals surface area contributed by atoms with Crippen LogP contribution in [0.3, 0.4) is 0 Å². The Morgan fingerprint density at radius 1 is 1.48 bits per heavy atom. The van der Waals surface area contributed by atoms with Crippen LogP contribution < -0.4 is 0 Å². The zero-order valence-corrected chi connectivity index (χ0v) is 13.2. The van der Waals surface area contributed by atoms with E-state index in [1.807, 2.05) is 25.1 Å². The van der Waals surface area contributed by atoms with Crippen molar-refractivity contribution in [2.75, 3.05) is 0 Å².